The van der Waals surface area contributed by atoms with E-state index in [4.69, 9.17) is 0 Å². The van der Waals surface area contributed by atoms with Gasteiger partial charge in [0.25, 0.3) is 0 Å². The van der Waals surface area contributed by atoms with Crippen LogP contribution in [0.25, 0.3) is 0 Å². The highest BCUT2D eigenvalue weighted by Crippen LogP contribution is 2.08. The molecule has 0 aliphatic carbocycles. The van der Waals surface area contributed by atoms with Crippen molar-refractivity contribution >= 4 is 5.91 Å². The summed E-state index contributed by atoms with van der Waals surface area (Å²) >= 11 is 0. The second kappa shape index (κ2) is 5.82. The van der Waals surface area contributed by atoms with Crippen molar-refractivity contribution in [1.82, 2.24) is 20.4 Å². The van der Waals surface area contributed by atoms with Crippen molar-refractivity contribution in [2.45, 2.75) is 26.2 Å². The van der Waals surface area contributed by atoms with Gasteiger partial charge in [0.05, 0.1) is 6.20 Å². The Kier molecular flexibility index (Phi) is 4.14. The number of aromatic nitrogens is 2. The molecule has 0 saturated carbocycles. The summed E-state index contributed by atoms with van der Waals surface area (Å²) in [5.41, 5.74) is 2.21. The molecule has 94 valence electrons. The fourth-order valence-corrected chi connectivity index (χ4v) is 2.12. The molecular weight excluding hydrogens is 216 g/mol. The summed E-state index contributed by atoms with van der Waals surface area (Å²) in [4.78, 5) is 14.0. The molecule has 0 spiro atoms. The van der Waals surface area contributed by atoms with Crippen LogP contribution in [0.3, 0.4) is 0 Å². The average molecular weight is 236 g/mol. The van der Waals surface area contributed by atoms with Crippen molar-refractivity contribution in [3.05, 3.63) is 17.5 Å². The van der Waals surface area contributed by atoms with Crippen molar-refractivity contribution in [1.29, 1.82) is 0 Å². The van der Waals surface area contributed by atoms with E-state index in [9.17, 15) is 4.79 Å². The van der Waals surface area contributed by atoms with Gasteiger partial charge in [-0.1, -0.05) is 0 Å². The van der Waals surface area contributed by atoms with Gasteiger partial charge < -0.3 is 10.2 Å². The lowest BCUT2D eigenvalue weighted by Gasteiger charge is -2.19. The maximum atomic E-state index is 12.0. The lowest BCUT2D eigenvalue weighted by Crippen LogP contribution is -2.34. The number of nitrogens with zero attached hydrogens (tertiary/aromatic N) is 2. The van der Waals surface area contributed by atoms with Crippen LogP contribution >= 0.6 is 0 Å². The van der Waals surface area contributed by atoms with Gasteiger partial charge in [0.2, 0.25) is 5.91 Å². The molecule has 1 aromatic rings. The highest BCUT2D eigenvalue weighted by molar-refractivity contribution is 5.76. The normalized spacial score (nSPS) is 16.9. The first-order chi connectivity index (χ1) is 8.27. The Bertz CT molecular complexity index is 366. The molecule has 0 radical (unpaired) electrons. The maximum Gasteiger partial charge on any atom is 0.222 e. The number of H-pyrrole nitrogens is 1. The molecule has 0 atom stereocenters. The van der Waals surface area contributed by atoms with Gasteiger partial charge in [-0.05, 0) is 31.9 Å². The molecular formula is C12H20N4O. The van der Waals surface area contributed by atoms with E-state index in [2.05, 4.69) is 15.5 Å². The molecule has 1 amide bonds. The zero-order chi connectivity index (χ0) is 12.1. The van der Waals surface area contributed by atoms with Crippen LogP contribution < -0.4 is 5.32 Å². The number of rotatable bonds is 3. The van der Waals surface area contributed by atoms with Crippen molar-refractivity contribution in [2.24, 2.45) is 0 Å². The highest BCUT2D eigenvalue weighted by Gasteiger charge is 2.15. The molecule has 2 rings (SSSR count). The van der Waals surface area contributed by atoms with E-state index < -0.39 is 0 Å². The molecule has 1 aliphatic rings. The molecule has 5 nitrogen and oxygen atoms in total. The maximum absolute atomic E-state index is 12.0. The third-order valence-corrected chi connectivity index (χ3v) is 3.24. The first-order valence-electron chi connectivity index (χ1n) is 6.24. The minimum atomic E-state index is 0.259. The summed E-state index contributed by atoms with van der Waals surface area (Å²) in [6.45, 7) is 5.64. The van der Waals surface area contributed by atoms with Gasteiger partial charge in [-0.3, -0.25) is 9.89 Å². The number of nitrogens with one attached hydrogen (secondary N) is 2. The number of hydrogen-bond donors (Lipinski definition) is 2. The number of carbonyl (C=O) groups is 1. The first kappa shape index (κ1) is 12.1. The largest absolute Gasteiger partial charge is 0.341 e. The van der Waals surface area contributed by atoms with Gasteiger partial charge >= 0.3 is 0 Å². The standard InChI is InChI=1S/C12H20N4O/c1-10-11(9-14-15-10)3-4-12(17)16-7-2-5-13-6-8-16/h9,13H,2-8H2,1H3,(H,14,15). The Hall–Kier alpha value is -1.36. The predicted octanol–water partition coefficient (Wildman–Crippen LogP) is 0.473. The Labute approximate surface area is 102 Å². The molecule has 0 unspecified atom stereocenters. The van der Waals surface area contributed by atoms with Crippen LogP contribution in [0.5, 0.6) is 0 Å². The topological polar surface area (TPSA) is 61.0 Å². The minimum absolute atomic E-state index is 0.259. The third-order valence-electron chi connectivity index (χ3n) is 3.24. The van der Waals surface area contributed by atoms with Gasteiger partial charge in [0.15, 0.2) is 0 Å². The SMILES string of the molecule is Cc1[nH]ncc1CCC(=O)N1CCCNCC1. The van der Waals surface area contributed by atoms with Gasteiger partial charge in [-0.2, -0.15) is 5.10 Å². The number of amides is 1. The zero-order valence-electron chi connectivity index (χ0n) is 10.3. The lowest BCUT2D eigenvalue weighted by atomic mass is 10.1. The van der Waals surface area contributed by atoms with Crippen LogP contribution in [0.15, 0.2) is 6.20 Å². The van der Waals surface area contributed by atoms with Crippen LogP contribution in [0.2, 0.25) is 0 Å². The van der Waals surface area contributed by atoms with E-state index in [1.165, 1.54) is 0 Å². The van der Waals surface area contributed by atoms with Gasteiger partial charge in [0.1, 0.15) is 0 Å². The molecule has 5 heteroatoms. The Balaban J connectivity index is 1.82. The van der Waals surface area contributed by atoms with E-state index in [1.807, 2.05) is 18.0 Å². The van der Waals surface area contributed by atoms with Gasteiger partial charge in [-0.25, -0.2) is 0 Å². The van der Waals surface area contributed by atoms with E-state index >= 15 is 0 Å². The van der Waals surface area contributed by atoms with Crippen LogP contribution in [0, 0.1) is 6.92 Å². The monoisotopic (exact) mass is 236 g/mol. The first-order valence-corrected chi connectivity index (χ1v) is 6.24. The number of aryl methyl sites for hydroxylation is 2. The molecule has 17 heavy (non-hydrogen) atoms. The Morgan fingerprint density at radius 1 is 1.47 bits per heavy atom. The molecule has 1 saturated heterocycles. The van der Waals surface area contributed by atoms with Crippen LogP contribution in [0.4, 0.5) is 0 Å². The van der Waals surface area contributed by atoms with Gasteiger partial charge in [0, 0.05) is 31.7 Å². The van der Waals surface area contributed by atoms with Crippen LogP contribution in [0.1, 0.15) is 24.1 Å². The molecule has 2 N–H and O–H groups in total. The second-order valence-electron chi connectivity index (χ2n) is 4.50. The highest BCUT2D eigenvalue weighted by atomic mass is 16.2. The molecule has 0 aromatic carbocycles. The number of aromatic amines is 1. The average Bonchev–Trinajstić information content (AvgIpc) is 2.58. The van der Waals surface area contributed by atoms with E-state index in [-0.39, 0.29) is 5.91 Å². The fourth-order valence-electron chi connectivity index (χ4n) is 2.12. The van der Waals surface area contributed by atoms with Crippen molar-refractivity contribution < 1.29 is 4.79 Å². The molecule has 2 heterocycles. The molecule has 0 bridgehead atoms. The summed E-state index contributed by atoms with van der Waals surface area (Å²) in [6, 6.07) is 0. The predicted molar refractivity (Wildman–Crippen MR) is 65.7 cm³/mol. The van der Waals surface area contributed by atoms with Crippen LogP contribution in [-0.4, -0.2) is 47.2 Å². The number of carbonyl (C=O) groups excluding carboxylic acids is 1. The Morgan fingerprint density at radius 2 is 2.35 bits per heavy atom. The summed E-state index contributed by atoms with van der Waals surface area (Å²) < 4.78 is 0. The van der Waals surface area contributed by atoms with Crippen molar-refractivity contribution in [2.75, 3.05) is 26.2 Å². The second-order valence-corrected chi connectivity index (χ2v) is 4.50. The Morgan fingerprint density at radius 3 is 3.12 bits per heavy atom. The van der Waals surface area contributed by atoms with E-state index in [0.717, 1.165) is 50.3 Å². The smallest absolute Gasteiger partial charge is 0.222 e. The molecule has 1 aromatic heterocycles. The zero-order valence-corrected chi connectivity index (χ0v) is 10.3. The number of hydrogen-bond acceptors (Lipinski definition) is 3. The molecule has 1 fully saturated rings. The summed E-state index contributed by atoms with van der Waals surface area (Å²) in [6.07, 6.45) is 4.23. The van der Waals surface area contributed by atoms with E-state index in [0.29, 0.717) is 6.42 Å². The summed E-state index contributed by atoms with van der Waals surface area (Å²) in [5.74, 6) is 0.259. The van der Waals surface area contributed by atoms with Crippen molar-refractivity contribution in [3.63, 3.8) is 0 Å². The van der Waals surface area contributed by atoms with Crippen molar-refractivity contribution in [3.8, 4) is 0 Å². The fraction of sp³-hybridized carbons (Fsp3) is 0.667. The van der Waals surface area contributed by atoms with E-state index in [1.54, 1.807) is 0 Å². The van der Waals surface area contributed by atoms with Gasteiger partial charge in [-0.15, -0.1) is 0 Å². The quantitative estimate of drug-likeness (QED) is 0.802. The van der Waals surface area contributed by atoms with Crippen LogP contribution in [-0.2, 0) is 11.2 Å². The minimum Gasteiger partial charge on any atom is -0.341 e. The lowest BCUT2D eigenvalue weighted by molar-refractivity contribution is -0.130. The summed E-state index contributed by atoms with van der Waals surface area (Å²) in [7, 11) is 0. The third kappa shape index (κ3) is 3.30. The summed E-state index contributed by atoms with van der Waals surface area (Å²) in [5, 5.41) is 10.2. The molecule has 1 aliphatic heterocycles.